The number of nitrogens with zero attached hydrogens (tertiary/aromatic N) is 2. The van der Waals surface area contributed by atoms with Gasteiger partial charge in [-0.2, -0.15) is 0 Å². The summed E-state index contributed by atoms with van der Waals surface area (Å²) in [7, 11) is 0. The first kappa shape index (κ1) is 16.9. The van der Waals surface area contributed by atoms with Crippen molar-refractivity contribution in [3.8, 4) is 11.5 Å². The van der Waals surface area contributed by atoms with E-state index in [0.717, 1.165) is 22.8 Å². The molecule has 3 aromatic rings. The van der Waals surface area contributed by atoms with Crippen LogP contribution in [0.3, 0.4) is 0 Å². The number of rotatable bonds is 5. The lowest BCUT2D eigenvalue weighted by molar-refractivity contribution is 0.0983. The van der Waals surface area contributed by atoms with Crippen molar-refractivity contribution in [3.05, 3.63) is 72.6 Å². The zero-order valence-corrected chi connectivity index (χ0v) is 14.9. The zero-order valence-electron chi connectivity index (χ0n) is 14.9. The molecule has 6 nitrogen and oxygen atoms in total. The van der Waals surface area contributed by atoms with E-state index >= 15 is 0 Å². The summed E-state index contributed by atoms with van der Waals surface area (Å²) in [6.45, 7) is 2.76. The Morgan fingerprint density at radius 1 is 1.04 bits per heavy atom. The molecule has 0 radical (unpaired) electrons. The number of amides is 1. The highest BCUT2D eigenvalue weighted by molar-refractivity contribution is 6.04. The van der Waals surface area contributed by atoms with Gasteiger partial charge in [0.15, 0.2) is 11.5 Å². The van der Waals surface area contributed by atoms with E-state index in [1.54, 1.807) is 17.2 Å². The number of ether oxygens (including phenoxy) is 2. The van der Waals surface area contributed by atoms with Gasteiger partial charge < -0.3 is 19.7 Å². The van der Waals surface area contributed by atoms with Gasteiger partial charge in [0.25, 0.3) is 5.91 Å². The Morgan fingerprint density at radius 3 is 2.56 bits per heavy atom. The average Bonchev–Trinajstić information content (AvgIpc) is 3.18. The maximum atomic E-state index is 12.8. The minimum absolute atomic E-state index is 0.127. The highest BCUT2D eigenvalue weighted by Gasteiger charge is 2.17. The predicted molar refractivity (Wildman–Crippen MR) is 104 cm³/mol. The Labute approximate surface area is 157 Å². The molecule has 0 unspecified atom stereocenters. The van der Waals surface area contributed by atoms with Crippen LogP contribution in [0, 0.1) is 0 Å². The van der Waals surface area contributed by atoms with E-state index in [2.05, 4.69) is 10.3 Å². The number of benzene rings is 2. The topological polar surface area (TPSA) is 63.7 Å². The highest BCUT2D eigenvalue weighted by Crippen LogP contribution is 2.35. The molecular formula is C21H19N3O3. The average molecular weight is 361 g/mol. The van der Waals surface area contributed by atoms with E-state index in [4.69, 9.17) is 9.47 Å². The van der Waals surface area contributed by atoms with Crippen LogP contribution in [0.2, 0.25) is 0 Å². The molecule has 0 saturated carbocycles. The van der Waals surface area contributed by atoms with Crippen molar-refractivity contribution in [2.24, 2.45) is 0 Å². The number of carbonyl (C=O) groups excluding carboxylic acids is 1. The number of hydrogen-bond acceptors (Lipinski definition) is 5. The van der Waals surface area contributed by atoms with Crippen molar-refractivity contribution in [3.63, 3.8) is 0 Å². The van der Waals surface area contributed by atoms with E-state index in [-0.39, 0.29) is 12.7 Å². The summed E-state index contributed by atoms with van der Waals surface area (Å²) in [4.78, 5) is 18.8. The van der Waals surface area contributed by atoms with E-state index in [1.165, 1.54) is 0 Å². The first-order valence-corrected chi connectivity index (χ1v) is 8.74. The molecule has 27 heavy (non-hydrogen) atoms. The second-order valence-electron chi connectivity index (χ2n) is 6.01. The molecule has 6 heteroatoms. The minimum atomic E-state index is -0.127. The Bertz CT molecular complexity index is 943. The molecule has 1 aliphatic rings. The van der Waals surface area contributed by atoms with Gasteiger partial charge in [-0.05, 0) is 43.3 Å². The maximum absolute atomic E-state index is 12.8. The van der Waals surface area contributed by atoms with Gasteiger partial charge >= 0.3 is 0 Å². The molecule has 1 N–H and O–H groups in total. The molecule has 0 aliphatic carbocycles. The van der Waals surface area contributed by atoms with Crippen LogP contribution in [0.5, 0.6) is 11.5 Å². The fraction of sp³-hybridized carbons (Fsp3) is 0.143. The largest absolute Gasteiger partial charge is 0.454 e. The van der Waals surface area contributed by atoms with Crippen molar-refractivity contribution >= 4 is 23.0 Å². The van der Waals surface area contributed by atoms with Crippen molar-refractivity contribution in [1.29, 1.82) is 0 Å². The molecule has 1 aromatic heterocycles. The van der Waals surface area contributed by atoms with Crippen LogP contribution in [-0.2, 0) is 0 Å². The molecule has 1 amide bonds. The van der Waals surface area contributed by atoms with E-state index in [0.29, 0.717) is 18.0 Å². The molecule has 0 atom stereocenters. The fourth-order valence-corrected chi connectivity index (χ4v) is 2.92. The number of para-hydroxylation sites is 1. The lowest BCUT2D eigenvalue weighted by Gasteiger charge is -2.20. The standard InChI is InChI=1S/C21H19N3O3/c1-2-24(17-6-4-3-5-7-17)21(25)18-10-8-16(13-22-18)23-15-9-11-19-20(12-15)27-14-26-19/h3-13,23H,2,14H2,1H3. The fourth-order valence-electron chi connectivity index (χ4n) is 2.92. The molecule has 136 valence electrons. The number of aromatic nitrogens is 1. The number of fused-ring (bicyclic) bond motifs is 1. The summed E-state index contributed by atoms with van der Waals surface area (Å²) in [5, 5.41) is 3.25. The Hall–Kier alpha value is -3.54. The minimum Gasteiger partial charge on any atom is -0.454 e. The van der Waals surface area contributed by atoms with Gasteiger partial charge in [-0.1, -0.05) is 18.2 Å². The summed E-state index contributed by atoms with van der Waals surface area (Å²) in [6.07, 6.45) is 1.65. The van der Waals surface area contributed by atoms with Gasteiger partial charge in [-0.3, -0.25) is 4.79 Å². The van der Waals surface area contributed by atoms with Gasteiger partial charge in [-0.15, -0.1) is 0 Å². The van der Waals surface area contributed by atoms with Crippen LogP contribution < -0.4 is 19.7 Å². The van der Waals surface area contributed by atoms with Gasteiger partial charge in [0.1, 0.15) is 5.69 Å². The maximum Gasteiger partial charge on any atom is 0.276 e. The van der Waals surface area contributed by atoms with Gasteiger partial charge in [-0.25, -0.2) is 4.98 Å². The molecule has 2 heterocycles. The zero-order chi connectivity index (χ0) is 18.6. The molecule has 0 spiro atoms. The van der Waals surface area contributed by atoms with Crippen molar-refractivity contribution in [2.45, 2.75) is 6.92 Å². The van der Waals surface area contributed by atoms with E-state index in [9.17, 15) is 4.79 Å². The molecular weight excluding hydrogens is 342 g/mol. The Morgan fingerprint density at radius 2 is 1.81 bits per heavy atom. The molecule has 1 aliphatic heterocycles. The Kier molecular flexibility index (Phi) is 4.61. The highest BCUT2D eigenvalue weighted by atomic mass is 16.7. The lowest BCUT2D eigenvalue weighted by Crippen LogP contribution is -2.31. The second kappa shape index (κ2) is 7.37. The molecule has 0 bridgehead atoms. The lowest BCUT2D eigenvalue weighted by atomic mass is 10.2. The quantitative estimate of drug-likeness (QED) is 0.737. The summed E-state index contributed by atoms with van der Waals surface area (Å²) >= 11 is 0. The number of nitrogens with one attached hydrogen (secondary N) is 1. The van der Waals surface area contributed by atoms with Gasteiger partial charge in [0.05, 0.1) is 11.9 Å². The van der Waals surface area contributed by atoms with Crippen LogP contribution in [0.1, 0.15) is 17.4 Å². The number of carbonyl (C=O) groups is 1. The summed E-state index contributed by atoms with van der Waals surface area (Å²) in [5.74, 6) is 1.32. The molecule has 0 saturated heterocycles. The smallest absolute Gasteiger partial charge is 0.276 e. The number of pyridine rings is 1. The van der Waals surface area contributed by atoms with Crippen LogP contribution in [0.25, 0.3) is 0 Å². The van der Waals surface area contributed by atoms with Gasteiger partial charge in [0, 0.05) is 24.0 Å². The monoisotopic (exact) mass is 361 g/mol. The third-order valence-electron chi connectivity index (χ3n) is 4.27. The third kappa shape index (κ3) is 3.55. The third-order valence-corrected chi connectivity index (χ3v) is 4.27. The van der Waals surface area contributed by atoms with E-state index in [1.807, 2.05) is 61.5 Å². The predicted octanol–water partition coefficient (Wildman–Crippen LogP) is 4.22. The van der Waals surface area contributed by atoms with Crippen molar-refractivity contribution < 1.29 is 14.3 Å². The van der Waals surface area contributed by atoms with Crippen LogP contribution in [0.4, 0.5) is 17.1 Å². The van der Waals surface area contributed by atoms with Crippen LogP contribution in [0.15, 0.2) is 66.9 Å². The second-order valence-corrected chi connectivity index (χ2v) is 6.01. The molecule has 4 rings (SSSR count). The van der Waals surface area contributed by atoms with Crippen molar-refractivity contribution in [2.75, 3.05) is 23.6 Å². The SMILES string of the molecule is CCN(C(=O)c1ccc(Nc2ccc3c(c2)OCO3)cn1)c1ccccc1. The summed E-state index contributed by atoms with van der Waals surface area (Å²) in [6, 6.07) is 18.8. The number of anilines is 3. The van der Waals surface area contributed by atoms with Gasteiger partial charge in [0.2, 0.25) is 6.79 Å². The Balaban J connectivity index is 1.49. The van der Waals surface area contributed by atoms with E-state index < -0.39 is 0 Å². The molecule has 2 aromatic carbocycles. The van der Waals surface area contributed by atoms with Crippen LogP contribution in [-0.4, -0.2) is 24.2 Å². The number of hydrogen-bond donors (Lipinski definition) is 1. The van der Waals surface area contributed by atoms with Crippen molar-refractivity contribution in [1.82, 2.24) is 4.98 Å². The summed E-state index contributed by atoms with van der Waals surface area (Å²) in [5.41, 5.74) is 2.90. The normalized spacial score (nSPS) is 11.9. The first-order chi connectivity index (χ1) is 13.2. The molecule has 0 fully saturated rings. The first-order valence-electron chi connectivity index (χ1n) is 8.74. The van der Waals surface area contributed by atoms with Crippen LogP contribution >= 0.6 is 0 Å². The summed E-state index contributed by atoms with van der Waals surface area (Å²) < 4.78 is 10.7.